The molecule has 1 aromatic carbocycles. The number of amides is 2. The molecule has 0 radical (unpaired) electrons. The highest BCUT2D eigenvalue weighted by atomic mass is 35.5. The maximum absolute atomic E-state index is 12.4. The van der Waals surface area contributed by atoms with Gasteiger partial charge in [0.25, 0.3) is 0 Å². The first kappa shape index (κ1) is 20.7. The van der Waals surface area contributed by atoms with Gasteiger partial charge in [-0.25, -0.2) is 0 Å². The number of hydrogen-bond donors (Lipinski definition) is 3. The van der Waals surface area contributed by atoms with Gasteiger partial charge in [-0.1, -0.05) is 31.4 Å². The van der Waals surface area contributed by atoms with Crippen LogP contribution >= 0.6 is 12.4 Å². The first-order chi connectivity index (χ1) is 12.1. The average molecular weight is 380 g/mol. The van der Waals surface area contributed by atoms with E-state index in [1.54, 1.807) is 0 Å². The van der Waals surface area contributed by atoms with Crippen molar-refractivity contribution in [1.29, 1.82) is 0 Å². The molecule has 3 rings (SSSR count). The SMILES string of the molecule is Cl.NC1CCC(C(=O)NCc2cccc(NC(=O)C3CCCCC3)c2)C1. The van der Waals surface area contributed by atoms with Crippen molar-refractivity contribution in [2.45, 2.75) is 64.0 Å². The smallest absolute Gasteiger partial charge is 0.227 e. The van der Waals surface area contributed by atoms with Crippen LogP contribution in [0.25, 0.3) is 0 Å². The van der Waals surface area contributed by atoms with E-state index in [2.05, 4.69) is 10.6 Å². The maximum Gasteiger partial charge on any atom is 0.227 e. The zero-order valence-electron chi connectivity index (χ0n) is 15.2. The van der Waals surface area contributed by atoms with Gasteiger partial charge < -0.3 is 16.4 Å². The molecular formula is C20H30ClN3O2. The van der Waals surface area contributed by atoms with Crippen molar-refractivity contribution in [2.75, 3.05) is 5.32 Å². The summed E-state index contributed by atoms with van der Waals surface area (Å²) in [5.41, 5.74) is 7.69. The van der Waals surface area contributed by atoms with E-state index in [-0.39, 0.29) is 42.1 Å². The third-order valence-electron chi connectivity index (χ3n) is 5.48. The van der Waals surface area contributed by atoms with Gasteiger partial charge in [0, 0.05) is 30.1 Å². The number of benzene rings is 1. The summed E-state index contributed by atoms with van der Waals surface area (Å²) in [4.78, 5) is 24.6. The van der Waals surface area contributed by atoms with E-state index in [0.29, 0.717) is 6.54 Å². The average Bonchev–Trinajstić information content (AvgIpc) is 3.07. The number of carbonyl (C=O) groups is 2. The van der Waals surface area contributed by atoms with Crippen molar-refractivity contribution in [2.24, 2.45) is 17.6 Å². The number of nitrogens with one attached hydrogen (secondary N) is 2. The molecule has 144 valence electrons. The molecule has 2 saturated carbocycles. The van der Waals surface area contributed by atoms with Crippen molar-refractivity contribution in [3.05, 3.63) is 29.8 Å². The quantitative estimate of drug-likeness (QED) is 0.733. The maximum atomic E-state index is 12.4. The van der Waals surface area contributed by atoms with Crippen LogP contribution < -0.4 is 16.4 Å². The largest absolute Gasteiger partial charge is 0.352 e. The number of carbonyl (C=O) groups excluding carboxylic acids is 2. The van der Waals surface area contributed by atoms with Crippen LogP contribution in [0.3, 0.4) is 0 Å². The molecule has 4 N–H and O–H groups in total. The molecule has 0 aromatic heterocycles. The van der Waals surface area contributed by atoms with Gasteiger partial charge in [0.1, 0.15) is 0 Å². The minimum Gasteiger partial charge on any atom is -0.352 e. The molecule has 2 atom stereocenters. The highest BCUT2D eigenvalue weighted by Crippen LogP contribution is 2.26. The molecular weight excluding hydrogens is 350 g/mol. The number of halogens is 1. The minimum atomic E-state index is 0. The first-order valence-electron chi connectivity index (χ1n) is 9.55. The molecule has 26 heavy (non-hydrogen) atoms. The van der Waals surface area contributed by atoms with E-state index in [4.69, 9.17) is 5.73 Å². The Labute approximate surface area is 161 Å². The summed E-state index contributed by atoms with van der Waals surface area (Å²) in [6.45, 7) is 0.484. The molecule has 0 aliphatic heterocycles. The molecule has 2 fully saturated rings. The van der Waals surface area contributed by atoms with Crippen LogP contribution in [0.2, 0.25) is 0 Å². The number of anilines is 1. The van der Waals surface area contributed by atoms with Crippen LogP contribution in [-0.4, -0.2) is 17.9 Å². The fourth-order valence-electron chi connectivity index (χ4n) is 3.96. The summed E-state index contributed by atoms with van der Waals surface area (Å²) in [5, 5.41) is 6.03. The summed E-state index contributed by atoms with van der Waals surface area (Å²) in [6, 6.07) is 7.90. The summed E-state index contributed by atoms with van der Waals surface area (Å²) in [6.07, 6.45) is 8.11. The number of nitrogens with two attached hydrogens (primary N) is 1. The highest BCUT2D eigenvalue weighted by Gasteiger charge is 2.27. The second kappa shape index (κ2) is 9.93. The van der Waals surface area contributed by atoms with E-state index in [1.165, 1.54) is 6.42 Å². The van der Waals surface area contributed by atoms with Gasteiger partial charge in [-0.05, 0) is 49.8 Å². The highest BCUT2D eigenvalue weighted by molar-refractivity contribution is 5.92. The minimum absolute atomic E-state index is 0. The lowest BCUT2D eigenvalue weighted by Gasteiger charge is -2.21. The second-order valence-electron chi connectivity index (χ2n) is 7.51. The lowest BCUT2D eigenvalue weighted by molar-refractivity contribution is -0.125. The third-order valence-corrected chi connectivity index (χ3v) is 5.48. The normalized spacial score (nSPS) is 23.1. The Kier molecular flexibility index (Phi) is 7.91. The predicted molar refractivity (Wildman–Crippen MR) is 106 cm³/mol. The molecule has 5 nitrogen and oxygen atoms in total. The lowest BCUT2D eigenvalue weighted by atomic mass is 9.88. The molecule has 1 aromatic rings. The lowest BCUT2D eigenvalue weighted by Crippen LogP contribution is -2.30. The van der Waals surface area contributed by atoms with Crippen LogP contribution in [0, 0.1) is 11.8 Å². The molecule has 0 bridgehead atoms. The standard InChI is InChI=1S/C20H29N3O2.ClH/c21-17-10-9-16(12-17)19(24)22-13-14-5-4-8-18(11-14)23-20(25)15-6-2-1-3-7-15;/h4-5,8,11,15-17H,1-3,6-7,9-10,12-13,21H2,(H,22,24)(H,23,25);1H. The van der Waals surface area contributed by atoms with E-state index < -0.39 is 0 Å². The molecule has 0 saturated heterocycles. The van der Waals surface area contributed by atoms with Crippen LogP contribution in [0.4, 0.5) is 5.69 Å². The van der Waals surface area contributed by atoms with Gasteiger partial charge in [0.15, 0.2) is 0 Å². The molecule has 2 aliphatic carbocycles. The third kappa shape index (κ3) is 5.71. The predicted octanol–water partition coefficient (Wildman–Crippen LogP) is 3.37. The molecule has 0 heterocycles. The van der Waals surface area contributed by atoms with Gasteiger partial charge in [0.2, 0.25) is 11.8 Å². The van der Waals surface area contributed by atoms with Crippen molar-refractivity contribution in [1.82, 2.24) is 5.32 Å². The Hall–Kier alpha value is -1.59. The Morgan fingerprint density at radius 2 is 1.77 bits per heavy atom. The summed E-state index contributed by atoms with van der Waals surface area (Å²) in [5.74, 6) is 0.401. The Morgan fingerprint density at radius 3 is 2.46 bits per heavy atom. The molecule has 2 amide bonds. The van der Waals surface area contributed by atoms with Gasteiger partial charge in [-0.3, -0.25) is 9.59 Å². The zero-order chi connectivity index (χ0) is 17.6. The Balaban J connectivity index is 0.00000243. The van der Waals surface area contributed by atoms with Crippen molar-refractivity contribution >= 4 is 29.9 Å². The van der Waals surface area contributed by atoms with Crippen molar-refractivity contribution in [3.8, 4) is 0 Å². The zero-order valence-corrected chi connectivity index (χ0v) is 16.0. The fraction of sp³-hybridized carbons (Fsp3) is 0.600. The molecule has 2 unspecified atom stereocenters. The van der Waals surface area contributed by atoms with Gasteiger partial charge in [0.05, 0.1) is 0 Å². The molecule has 6 heteroatoms. The summed E-state index contributed by atoms with van der Waals surface area (Å²) < 4.78 is 0. The van der Waals surface area contributed by atoms with Crippen LogP contribution in [0.1, 0.15) is 56.9 Å². The van der Waals surface area contributed by atoms with E-state index >= 15 is 0 Å². The molecule has 0 spiro atoms. The van der Waals surface area contributed by atoms with Crippen molar-refractivity contribution in [3.63, 3.8) is 0 Å². The first-order valence-corrected chi connectivity index (χ1v) is 9.55. The Bertz CT molecular complexity index is 617. The summed E-state index contributed by atoms with van der Waals surface area (Å²) in [7, 11) is 0. The van der Waals surface area contributed by atoms with Crippen LogP contribution in [0.15, 0.2) is 24.3 Å². The van der Waals surface area contributed by atoms with E-state index in [0.717, 1.165) is 56.2 Å². The van der Waals surface area contributed by atoms with Crippen LogP contribution in [0.5, 0.6) is 0 Å². The number of hydrogen-bond acceptors (Lipinski definition) is 3. The second-order valence-corrected chi connectivity index (χ2v) is 7.51. The van der Waals surface area contributed by atoms with Gasteiger partial charge >= 0.3 is 0 Å². The molecule has 2 aliphatic rings. The number of rotatable bonds is 5. The van der Waals surface area contributed by atoms with Crippen molar-refractivity contribution < 1.29 is 9.59 Å². The monoisotopic (exact) mass is 379 g/mol. The Morgan fingerprint density at radius 1 is 1.00 bits per heavy atom. The van der Waals surface area contributed by atoms with Gasteiger partial charge in [-0.2, -0.15) is 0 Å². The summed E-state index contributed by atoms with van der Waals surface area (Å²) >= 11 is 0. The van der Waals surface area contributed by atoms with E-state index in [9.17, 15) is 9.59 Å². The van der Waals surface area contributed by atoms with Crippen LogP contribution in [-0.2, 0) is 16.1 Å². The van der Waals surface area contributed by atoms with E-state index in [1.807, 2.05) is 24.3 Å². The van der Waals surface area contributed by atoms with Gasteiger partial charge in [-0.15, -0.1) is 12.4 Å². The fourth-order valence-corrected chi connectivity index (χ4v) is 3.96. The topological polar surface area (TPSA) is 84.2 Å².